The number of nitrogens with two attached hydrogens (primary N) is 1. The highest BCUT2D eigenvalue weighted by Gasteiger charge is 2.22. The maximum absolute atomic E-state index is 12.9. The van der Waals surface area contributed by atoms with Crippen LogP contribution in [0.1, 0.15) is 25.7 Å². The average Bonchev–Trinajstić information content (AvgIpc) is 2.34. The van der Waals surface area contributed by atoms with E-state index in [1.807, 2.05) is 0 Å². The molecule has 0 aromatic heterocycles. The van der Waals surface area contributed by atoms with Crippen molar-refractivity contribution in [1.82, 2.24) is 0 Å². The highest BCUT2D eigenvalue weighted by molar-refractivity contribution is 6.32. The molecule has 0 aliphatic heterocycles. The molecule has 0 unspecified atom stereocenters. The molecule has 17 heavy (non-hydrogen) atoms. The first-order valence-electron chi connectivity index (χ1n) is 6.01. The standard InChI is InChI=1S/C13H17ClFNO/c14-12-7-10(15)3-6-13(12)17-11-4-1-9(8-16)2-5-11/h3,6-7,9,11H,1-2,4-5,8,16H2. The van der Waals surface area contributed by atoms with Crippen LogP contribution in [0.4, 0.5) is 4.39 Å². The molecule has 0 heterocycles. The van der Waals surface area contributed by atoms with Crippen molar-refractivity contribution in [3.63, 3.8) is 0 Å². The first-order valence-corrected chi connectivity index (χ1v) is 6.38. The van der Waals surface area contributed by atoms with E-state index in [1.54, 1.807) is 6.07 Å². The van der Waals surface area contributed by atoms with Crippen LogP contribution in [0.5, 0.6) is 5.75 Å². The zero-order valence-corrected chi connectivity index (χ0v) is 10.4. The van der Waals surface area contributed by atoms with Gasteiger partial charge in [-0.05, 0) is 56.3 Å². The lowest BCUT2D eigenvalue weighted by molar-refractivity contribution is 0.133. The summed E-state index contributed by atoms with van der Waals surface area (Å²) < 4.78 is 18.7. The summed E-state index contributed by atoms with van der Waals surface area (Å²) in [7, 11) is 0. The van der Waals surface area contributed by atoms with Gasteiger partial charge in [-0.15, -0.1) is 0 Å². The minimum atomic E-state index is -0.339. The number of hydrogen-bond donors (Lipinski definition) is 1. The summed E-state index contributed by atoms with van der Waals surface area (Å²) in [4.78, 5) is 0. The van der Waals surface area contributed by atoms with E-state index < -0.39 is 0 Å². The van der Waals surface area contributed by atoms with Gasteiger partial charge in [0.1, 0.15) is 11.6 Å². The van der Waals surface area contributed by atoms with Crippen molar-refractivity contribution >= 4 is 11.6 Å². The average molecular weight is 258 g/mol. The van der Waals surface area contributed by atoms with Crippen LogP contribution in [0.3, 0.4) is 0 Å². The third kappa shape index (κ3) is 3.33. The summed E-state index contributed by atoms with van der Waals surface area (Å²) in [5, 5.41) is 0.339. The summed E-state index contributed by atoms with van der Waals surface area (Å²) >= 11 is 5.92. The lowest BCUT2D eigenvalue weighted by Gasteiger charge is -2.28. The molecular formula is C13H17ClFNO. The summed E-state index contributed by atoms with van der Waals surface area (Å²) in [5.41, 5.74) is 5.64. The molecule has 1 saturated carbocycles. The molecule has 2 nitrogen and oxygen atoms in total. The van der Waals surface area contributed by atoms with Crippen LogP contribution in [0.2, 0.25) is 5.02 Å². The first-order chi connectivity index (χ1) is 8.19. The summed E-state index contributed by atoms with van der Waals surface area (Å²) in [5.74, 6) is 0.858. The largest absolute Gasteiger partial charge is 0.489 e. The Labute approximate surface area is 106 Å². The predicted molar refractivity (Wildman–Crippen MR) is 66.8 cm³/mol. The van der Waals surface area contributed by atoms with Gasteiger partial charge in [-0.1, -0.05) is 11.6 Å². The van der Waals surface area contributed by atoms with Crippen molar-refractivity contribution in [3.05, 3.63) is 29.0 Å². The normalized spacial score (nSPS) is 24.6. The van der Waals surface area contributed by atoms with Crippen molar-refractivity contribution in [3.8, 4) is 5.75 Å². The van der Waals surface area contributed by atoms with Crippen LogP contribution in [0.15, 0.2) is 18.2 Å². The van der Waals surface area contributed by atoms with E-state index in [0.717, 1.165) is 32.2 Å². The number of hydrogen-bond acceptors (Lipinski definition) is 2. The Balaban J connectivity index is 1.93. The van der Waals surface area contributed by atoms with Crippen molar-refractivity contribution in [2.75, 3.05) is 6.54 Å². The number of halogens is 2. The molecule has 0 bridgehead atoms. The molecule has 1 aliphatic carbocycles. The smallest absolute Gasteiger partial charge is 0.138 e. The predicted octanol–water partition coefficient (Wildman–Crippen LogP) is 3.38. The summed E-state index contributed by atoms with van der Waals surface area (Å²) in [6.07, 6.45) is 4.37. The summed E-state index contributed by atoms with van der Waals surface area (Å²) in [6.45, 7) is 0.754. The highest BCUT2D eigenvalue weighted by Crippen LogP contribution is 2.31. The van der Waals surface area contributed by atoms with Gasteiger partial charge in [-0.2, -0.15) is 0 Å². The van der Waals surface area contributed by atoms with Gasteiger partial charge in [0, 0.05) is 0 Å². The molecule has 0 radical (unpaired) electrons. The fourth-order valence-electron chi connectivity index (χ4n) is 2.24. The van der Waals surface area contributed by atoms with Crippen molar-refractivity contribution < 1.29 is 9.13 Å². The number of benzene rings is 1. The van der Waals surface area contributed by atoms with Gasteiger partial charge in [0.2, 0.25) is 0 Å². The molecule has 94 valence electrons. The number of ether oxygens (including phenoxy) is 1. The lowest BCUT2D eigenvalue weighted by atomic mass is 9.87. The van der Waals surface area contributed by atoms with E-state index in [9.17, 15) is 4.39 Å². The second-order valence-electron chi connectivity index (χ2n) is 4.57. The van der Waals surface area contributed by atoms with Crippen LogP contribution in [-0.4, -0.2) is 12.6 Å². The molecule has 1 aliphatic rings. The van der Waals surface area contributed by atoms with Gasteiger partial charge in [-0.3, -0.25) is 0 Å². The third-order valence-electron chi connectivity index (χ3n) is 3.31. The Bertz CT molecular complexity index is 378. The molecule has 0 spiro atoms. The Hall–Kier alpha value is -0.800. The van der Waals surface area contributed by atoms with Crippen molar-refractivity contribution in [2.45, 2.75) is 31.8 Å². The van der Waals surface area contributed by atoms with Crippen LogP contribution in [0.25, 0.3) is 0 Å². The minimum Gasteiger partial charge on any atom is -0.489 e. The second-order valence-corrected chi connectivity index (χ2v) is 4.98. The van der Waals surface area contributed by atoms with Gasteiger partial charge < -0.3 is 10.5 Å². The quantitative estimate of drug-likeness (QED) is 0.901. The van der Waals surface area contributed by atoms with E-state index in [0.29, 0.717) is 16.7 Å². The van der Waals surface area contributed by atoms with Crippen LogP contribution >= 0.6 is 11.6 Å². The fraction of sp³-hybridized carbons (Fsp3) is 0.538. The SMILES string of the molecule is NCC1CCC(Oc2ccc(F)cc2Cl)CC1. The topological polar surface area (TPSA) is 35.2 Å². The summed E-state index contributed by atoms with van der Waals surface area (Å²) in [6, 6.07) is 4.24. The Morgan fingerprint density at radius 1 is 1.29 bits per heavy atom. The van der Waals surface area contributed by atoms with Crippen LogP contribution in [0, 0.1) is 11.7 Å². The molecule has 4 heteroatoms. The zero-order valence-electron chi connectivity index (χ0n) is 9.66. The molecule has 1 aromatic rings. The maximum Gasteiger partial charge on any atom is 0.138 e. The Kier molecular flexibility index (Phi) is 4.24. The monoisotopic (exact) mass is 257 g/mol. The molecule has 0 atom stereocenters. The molecule has 2 rings (SSSR count). The minimum absolute atomic E-state index is 0.181. The second kappa shape index (κ2) is 5.69. The van der Waals surface area contributed by atoms with E-state index in [-0.39, 0.29) is 11.9 Å². The van der Waals surface area contributed by atoms with E-state index in [2.05, 4.69) is 0 Å². The highest BCUT2D eigenvalue weighted by atomic mass is 35.5. The lowest BCUT2D eigenvalue weighted by Crippen LogP contribution is -2.27. The van der Waals surface area contributed by atoms with Gasteiger partial charge in [-0.25, -0.2) is 4.39 Å². The van der Waals surface area contributed by atoms with Gasteiger partial charge in [0.25, 0.3) is 0 Å². The van der Waals surface area contributed by atoms with E-state index in [1.165, 1.54) is 12.1 Å². The maximum atomic E-state index is 12.9. The molecule has 1 fully saturated rings. The first kappa shape index (κ1) is 12.7. The van der Waals surface area contributed by atoms with Crippen molar-refractivity contribution in [2.24, 2.45) is 11.7 Å². The van der Waals surface area contributed by atoms with Crippen LogP contribution < -0.4 is 10.5 Å². The third-order valence-corrected chi connectivity index (χ3v) is 3.61. The number of rotatable bonds is 3. The Morgan fingerprint density at radius 3 is 2.59 bits per heavy atom. The zero-order chi connectivity index (χ0) is 12.3. The van der Waals surface area contributed by atoms with Gasteiger partial charge >= 0.3 is 0 Å². The fourth-order valence-corrected chi connectivity index (χ4v) is 2.45. The van der Waals surface area contributed by atoms with Crippen LogP contribution in [-0.2, 0) is 0 Å². The van der Waals surface area contributed by atoms with Gasteiger partial charge in [0.15, 0.2) is 0 Å². The Morgan fingerprint density at radius 2 is 2.00 bits per heavy atom. The van der Waals surface area contributed by atoms with E-state index in [4.69, 9.17) is 22.1 Å². The van der Waals surface area contributed by atoms with Gasteiger partial charge in [0.05, 0.1) is 11.1 Å². The van der Waals surface area contributed by atoms with E-state index >= 15 is 0 Å². The molecule has 2 N–H and O–H groups in total. The van der Waals surface area contributed by atoms with Crippen molar-refractivity contribution in [1.29, 1.82) is 0 Å². The molecular weight excluding hydrogens is 241 g/mol. The molecule has 0 amide bonds. The molecule has 1 aromatic carbocycles. The molecule has 0 saturated heterocycles.